The monoisotopic (exact) mass is 302 g/mol. The third-order valence-corrected chi connectivity index (χ3v) is 5.25. The summed E-state index contributed by atoms with van der Waals surface area (Å²) in [5.41, 5.74) is 2.48. The van der Waals surface area contributed by atoms with Crippen LogP contribution in [-0.4, -0.2) is 27.7 Å². The maximum atomic E-state index is 6.08. The molecule has 21 heavy (non-hydrogen) atoms. The normalized spacial score (nSPS) is 20.0. The van der Waals surface area contributed by atoms with Gasteiger partial charge >= 0.3 is 7.12 Å². The zero-order valence-corrected chi connectivity index (χ0v) is 13.8. The zero-order valence-electron chi connectivity index (χ0n) is 13.0. The Balaban J connectivity index is 1.94. The van der Waals surface area contributed by atoms with Crippen LogP contribution >= 0.6 is 11.5 Å². The molecule has 4 nitrogen and oxygen atoms in total. The van der Waals surface area contributed by atoms with Crippen molar-refractivity contribution < 1.29 is 9.31 Å². The van der Waals surface area contributed by atoms with Crippen LogP contribution < -0.4 is 5.46 Å². The number of hydrogen-bond acceptors (Lipinski definition) is 5. The van der Waals surface area contributed by atoms with E-state index in [0.717, 1.165) is 21.5 Å². The fourth-order valence-electron chi connectivity index (χ4n) is 2.26. The van der Waals surface area contributed by atoms with Crippen molar-refractivity contribution in [3.8, 4) is 10.4 Å². The molecule has 0 aliphatic carbocycles. The first-order chi connectivity index (χ1) is 9.80. The van der Waals surface area contributed by atoms with E-state index in [1.807, 2.05) is 18.6 Å². The molecule has 1 aliphatic rings. The van der Waals surface area contributed by atoms with Gasteiger partial charge in [0.25, 0.3) is 0 Å². The lowest BCUT2D eigenvalue weighted by molar-refractivity contribution is 0.00578. The number of rotatable bonds is 2. The number of aryl methyl sites for hydroxylation is 1. The molecule has 1 fully saturated rings. The summed E-state index contributed by atoms with van der Waals surface area (Å²) in [4.78, 5) is 5.48. The van der Waals surface area contributed by atoms with Gasteiger partial charge in [-0.15, -0.1) is 0 Å². The highest BCUT2D eigenvalue weighted by Gasteiger charge is 2.51. The van der Waals surface area contributed by atoms with Crippen LogP contribution in [0.5, 0.6) is 0 Å². The van der Waals surface area contributed by atoms with Crippen LogP contribution in [0.15, 0.2) is 24.7 Å². The minimum absolute atomic E-state index is 0.339. The Morgan fingerprint density at radius 1 is 1.05 bits per heavy atom. The lowest BCUT2D eigenvalue weighted by atomic mass is 9.79. The Bertz CT molecular complexity index is 653. The predicted molar refractivity (Wildman–Crippen MR) is 85.8 cm³/mol. The van der Waals surface area contributed by atoms with Gasteiger partial charge in [0.15, 0.2) is 0 Å². The zero-order chi connectivity index (χ0) is 15.3. The third-order valence-electron chi connectivity index (χ3n) is 4.30. The Hall–Kier alpha value is -1.24. The van der Waals surface area contributed by atoms with Crippen molar-refractivity contribution in [3.63, 3.8) is 0 Å². The van der Waals surface area contributed by atoms with Gasteiger partial charge in [0.05, 0.1) is 16.1 Å². The van der Waals surface area contributed by atoms with Crippen molar-refractivity contribution in [2.45, 2.75) is 45.8 Å². The number of nitrogens with zero attached hydrogens (tertiary/aromatic N) is 2. The molecule has 0 saturated carbocycles. The summed E-state index contributed by atoms with van der Waals surface area (Å²) in [5, 5.41) is 0. The molecule has 2 aromatic rings. The van der Waals surface area contributed by atoms with Crippen LogP contribution in [0.3, 0.4) is 0 Å². The van der Waals surface area contributed by atoms with Gasteiger partial charge in [-0.25, -0.2) is 4.37 Å². The van der Waals surface area contributed by atoms with E-state index in [2.05, 4.69) is 50.0 Å². The molecule has 0 amide bonds. The van der Waals surface area contributed by atoms with E-state index in [4.69, 9.17) is 9.31 Å². The molecule has 0 spiro atoms. The van der Waals surface area contributed by atoms with Crippen molar-refractivity contribution in [1.29, 1.82) is 0 Å². The fourth-order valence-corrected chi connectivity index (χ4v) is 2.99. The summed E-state index contributed by atoms with van der Waals surface area (Å²) < 4.78 is 16.4. The minimum Gasteiger partial charge on any atom is -0.399 e. The molecular weight excluding hydrogens is 283 g/mol. The highest BCUT2D eigenvalue weighted by Crippen LogP contribution is 2.36. The van der Waals surface area contributed by atoms with Crippen molar-refractivity contribution in [3.05, 3.63) is 30.2 Å². The second kappa shape index (κ2) is 4.90. The molecular formula is C15H19BN2O2S. The van der Waals surface area contributed by atoms with Gasteiger partial charge in [0.2, 0.25) is 0 Å². The highest BCUT2D eigenvalue weighted by atomic mass is 32.1. The number of aromatic nitrogens is 2. The first-order valence-corrected chi connectivity index (χ1v) is 7.80. The van der Waals surface area contributed by atoms with Crippen LogP contribution in [0, 0.1) is 6.92 Å². The van der Waals surface area contributed by atoms with E-state index in [1.165, 1.54) is 11.5 Å². The first kappa shape index (κ1) is 14.7. The van der Waals surface area contributed by atoms with Crippen LogP contribution in [-0.2, 0) is 9.31 Å². The molecule has 6 heteroatoms. The van der Waals surface area contributed by atoms with Crippen LogP contribution in [0.4, 0.5) is 0 Å². The fraction of sp³-hybridized carbons (Fsp3) is 0.467. The summed E-state index contributed by atoms with van der Waals surface area (Å²) in [6, 6.07) is 2.08. The summed E-state index contributed by atoms with van der Waals surface area (Å²) in [5.74, 6) is 0. The summed E-state index contributed by atoms with van der Waals surface area (Å²) in [6.45, 7) is 10.3. The van der Waals surface area contributed by atoms with Crippen molar-refractivity contribution in [1.82, 2.24) is 9.36 Å². The van der Waals surface area contributed by atoms with Crippen molar-refractivity contribution in [2.24, 2.45) is 0 Å². The van der Waals surface area contributed by atoms with Gasteiger partial charge in [-0.3, -0.25) is 4.98 Å². The SMILES string of the molecule is Cc1cnsc1-c1cncc(B2OC(C)(C)C(C)(C)O2)c1. The maximum absolute atomic E-state index is 6.08. The van der Waals surface area contributed by atoms with Gasteiger partial charge < -0.3 is 9.31 Å². The molecule has 2 aromatic heterocycles. The molecule has 1 saturated heterocycles. The van der Waals surface area contributed by atoms with Gasteiger partial charge in [0.1, 0.15) is 0 Å². The Morgan fingerprint density at radius 2 is 1.71 bits per heavy atom. The molecule has 0 N–H and O–H groups in total. The Labute approximate surface area is 129 Å². The summed E-state index contributed by atoms with van der Waals surface area (Å²) >= 11 is 1.48. The third kappa shape index (κ3) is 2.52. The molecule has 0 radical (unpaired) electrons. The van der Waals surface area contributed by atoms with E-state index >= 15 is 0 Å². The standard InChI is InChI=1S/C15H19BN2O2S/c1-10-7-18-21-13(10)11-6-12(9-17-8-11)16-19-14(2,3)15(4,5)20-16/h6-9H,1-5H3. The molecule has 3 rings (SSSR count). The van der Waals surface area contributed by atoms with Crippen LogP contribution in [0.1, 0.15) is 33.3 Å². The summed E-state index contributed by atoms with van der Waals surface area (Å²) in [6.07, 6.45) is 5.54. The largest absolute Gasteiger partial charge is 0.496 e. The second-order valence-corrected chi connectivity index (χ2v) is 7.23. The minimum atomic E-state index is -0.379. The Morgan fingerprint density at radius 3 is 2.29 bits per heavy atom. The van der Waals surface area contributed by atoms with E-state index in [1.54, 1.807) is 0 Å². The van der Waals surface area contributed by atoms with Crippen LogP contribution in [0.25, 0.3) is 10.4 Å². The van der Waals surface area contributed by atoms with E-state index in [9.17, 15) is 0 Å². The smallest absolute Gasteiger partial charge is 0.399 e. The lowest BCUT2D eigenvalue weighted by Gasteiger charge is -2.32. The van der Waals surface area contributed by atoms with E-state index < -0.39 is 0 Å². The number of pyridine rings is 1. The topological polar surface area (TPSA) is 44.2 Å². The molecule has 0 aromatic carbocycles. The second-order valence-electron chi connectivity index (χ2n) is 6.43. The van der Waals surface area contributed by atoms with Gasteiger partial charge in [-0.2, -0.15) is 0 Å². The molecule has 0 bridgehead atoms. The van der Waals surface area contributed by atoms with Crippen molar-refractivity contribution in [2.75, 3.05) is 0 Å². The van der Waals surface area contributed by atoms with E-state index in [-0.39, 0.29) is 18.3 Å². The molecule has 0 unspecified atom stereocenters. The predicted octanol–water partition coefficient (Wildman–Crippen LogP) is 2.81. The quantitative estimate of drug-likeness (QED) is 0.800. The van der Waals surface area contributed by atoms with Gasteiger partial charge in [-0.1, -0.05) is 6.07 Å². The average molecular weight is 302 g/mol. The highest BCUT2D eigenvalue weighted by molar-refractivity contribution is 7.09. The number of hydrogen-bond donors (Lipinski definition) is 0. The molecule has 3 heterocycles. The van der Waals surface area contributed by atoms with Crippen molar-refractivity contribution >= 4 is 24.1 Å². The molecule has 1 aliphatic heterocycles. The average Bonchev–Trinajstić information content (AvgIpc) is 2.92. The summed E-state index contributed by atoms with van der Waals surface area (Å²) in [7, 11) is -0.379. The van der Waals surface area contributed by atoms with Gasteiger partial charge in [-0.05, 0) is 51.7 Å². The lowest BCUT2D eigenvalue weighted by Crippen LogP contribution is -2.41. The molecule has 110 valence electrons. The first-order valence-electron chi connectivity index (χ1n) is 7.02. The Kier molecular flexibility index (Phi) is 3.43. The van der Waals surface area contributed by atoms with Crippen LogP contribution in [0.2, 0.25) is 0 Å². The van der Waals surface area contributed by atoms with E-state index in [0.29, 0.717) is 0 Å². The maximum Gasteiger partial charge on any atom is 0.496 e. The van der Waals surface area contributed by atoms with Gasteiger partial charge in [0, 0.05) is 29.6 Å². The molecule has 0 atom stereocenters.